The molecular weight excluding hydrogens is 250 g/mol. The lowest BCUT2D eigenvalue weighted by Gasteiger charge is -2.11. The van der Waals surface area contributed by atoms with Crippen molar-refractivity contribution in [3.05, 3.63) is 27.5 Å². The van der Waals surface area contributed by atoms with Crippen molar-refractivity contribution in [2.45, 2.75) is 19.2 Å². The van der Waals surface area contributed by atoms with E-state index in [0.29, 0.717) is 0 Å². The van der Waals surface area contributed by atoms with Crippen molar-refractivity contribution in [3.8, 4) is 5.88 Å². The second-order valence-electron chi connectivity index (χ2n) is 3.57. The molecule has 7 nitrogen and oxygen atoms in total. The first kappa shape index (κ1) is 13.7. The molecule has 3 N–H and O–H groups in total. The highest BCUT2D eigenvalue weighted by molar-refractivity contribution is 7.85. The fourth-order valence-electron chi connectivity index (χ4n) is 1.47. The van der Waals surface area contributed by atoms with E-state index in [9.17, 15) is 18.3 Å². The van der Waals surface area contributed by atoms with Gasteiger partial charge in [0.15, 0.2) is 5.88 Å². The van der Waals surface area contributed by atoms with Gasteiger partial charge in [-0.1, -0.05) is 0 Å². The fourth-order valence-corrected chi connectivity index (χ4v) is 2.18. The van der Waals surface area contributed by atoms with Crippen molar-refractivity contribution in [1.82, 2.24) is 4.57 Å². The van der Waals surface area contributed by atoms with E-state index in [2.05, 4.69) is 0 Å². The average Bonchev–Trinajstić information content (AvgIpc) is 2.18. The lowest BCUT2D eigenvalue weighted by atomic mass is 10.2. The van der Waals surface area contributed by atoms with Crippen molar-refractivity contribution >= 4 is 10.1 Å². The van der Waals surface area contributed by atoms with Gasteiger partial charge in [-0.2, -0.15) is 8.42 Å². The molecule has 0 saturated carbocycles. The summed E-state index contributed by atoms with van der Waals surface area (Å²) in [6.45, 7) is 0.927. The molecule has 96 valence electrons. The summed E-state index contributed by atoms with van der Waals surface area (Å²) in [7, 11) is -4.32. The van der Waals surface area contributed by atoms with Crippen molar-refractivity contribution in [3.63, 3.8) is 0 Å². The number of aliphatic hydroxyl groups excluding tert-OH is 1. The van der Waals surface area contributed by atoms with E-state index >= 15 is 0 Å². The van der Waals surface area contributed by atoms with Crippen molar-refractivity contribution in [1.29, 1.82) is 0 Å². The van der Waals surface area contributed by atoms with Gasteiger partial charge in [0, 0.05) is 11.6 Å². The van der Waals surface area contributed by atoms with Crippen LogP contribution < -0.4 is 5.56 Å². The molecule has 0 aliphatic heterocycles. The van der Waals surface area contributed by atoms with E-state index in [1.54, 1.807) is 0 Å². The molecule has 1 rings (SSSR count). The van der Waals surface area contributed by atoms with Crippen LogP contribution in [0.25, 0.3) is 0 Å². The van der Waals surface area contributed by atoms with Crippen LogP contribution in [0.3, 0.4) is 0 Å². The highest BCUT2D eigenvalue weighted by Gasteiger charge is 2.17. The number of aromatic hydroxyl groups is 1. The van der Waals surface area contributed by atoms with Crippen LogP contribution in [0.1, 0.15) is 11.1 Å². The summed E-state index contributed by atoms with van der Waals surface area (Å²) < 4.78 is 31.1. The second-order valence-corrected chi connectivity index (χ2v) is 5.02. The number of hydrogen-bond donors (Lipinski definition) is 3. The average molecular weight is 263 g/mol. The molecule has 0 aliphatic rings. The molecule has 0 atom stereocenters. The van der Waals surface area contributed by atoms with Gasteiger partial charge >= 0.3 is 0 Å². The third-order valence-electron chi connectivity index (χ3n) is 2.25. The van der Waals surface area contributed by atoms with E-state index < -0.39 is 21.4 Å². The summed E-state index contributed by atoms with van der Waals surface area (Å²) in [5.74, 6) is -1.18. The molecule has 0 spiro atoms. The van der Waals surface area contributed by atoms with Crippen molar-refractivity contribution in [2.24, 2.45) is 0 Å². The van der Waals surface area contributed by atoms with E-state index in [-0.39, 0.29) is 30.2 Å². The minimum absolute atomic E-state index is 0.126. The Morgan fingerprint density at radius 3 is 2.47 bits per heavy atom. The first-order valence-corrected chi connectivity index (χ1v) is 6.35. The predicted molar refractivity (Wildman–Crippen MR) is 59.4 cm³/mol. The largest absolute Gasteiger partial charge is 0.494 e. The lowest BCUT2D eigenvalue weighted by Crippen LogP contribution is -2.27. The number of aliphatic hydroxyl groups is 1. The maximum absolute atomic E-state index is 11.8. The lowest BCUT2D eigenvalue weighted by molar-refractivity contribution is 0.263. The van der Waals surface area contributed by atoms with Crippen LogP contribution >= 0.6 is 0 Å². The Balaban J connectivity index is 3.41. The molecule has 1 aromatic rings. The Labute approximate surface area is 97.7 Å². The molecule has 0 unspecified atom stereocenters. The van der Waals surface area contributed by atoms with E-state index in [1.807, 2.05) is 0 Å². The molecule has 17 heavy (non-hydrogen) atoms. The Kier molecular flexibility index (Phi) is 3.91. The zero-order chi connectivity index (χ0) is 13.2. The van der Waals surface area contributed by atoms with Crippen LogP contribution in [0.2, 0.25) is 0 Å². The summed E-state index contributed by atoms with van der Waals surface area (Å²) >= 11 is 0. The molecule has 0 bridgehead atoms. The van der Waals surface area contributed by atoms with Gasteiger partial charge in [0.25, 0.3) is 15.7 Å². The van der Waals surface area contributed by atoms with Gasteiger partial charge in [-0.25, -0.2) is 0 Å². The van der Waals surface area contributed by atoms with Gasteiger partial charge in [0.05, 0.1) is 13.2 Å². The quantitative estimate of drug-likeness (QED) is 0.615. The highest BCUT2D eigenvalue weighted by Crippen LogP contribution is 2.14. The maximum Gasteiger partial charge on any atom is 0.269 e. The summed E-state index contributed by atoms with van der Waals surface area (Å²) in [5.41, 5.74) is -0.604. The van der Waals surface area contributed by atoms with Crippen LogP contribution in [0.4, 0.5) is 0 Å². The molecule has 0 radical (unpaired) electrons. The Morgan fingerprint density at radius 1 is 1.41 bits per heavy atom. The van der Waals surface area contributed by atoms with Crippen molar-refractivity contribution < 1.29 is 23.2 Å². The standard InChI is InChI=1S/C9H13NO6S/c1-6-4-8(12)10(2-3-11)9(13)7(6)5-17(14,15)16/h4,11-12H,2-3,5H2,1H3,(H,14,15,16). The van der Waals surface area contributed by atoms with Crippen LogP contribution in [0.5, 0.6) is 5.88 Å². The van der Waals surface area contributed by atoms with Gasteiger partial charge in [-0.3, -0.25) is 13.9 Å². The molecule has 0 fully saturated rings. The van der Waals surface area contributed by atoms with Gasteiger partial charge in [-0.05, 0) is 12.5 Å². The predicted octanol–water partition coefficient (Wildman–Crippen LogP) is -0.758. The molecular formula is C9H13NO6S. The molecule has 0 aromatic carbocycles. The van der Waals surface area contributed by atoms with E-state index in [4.69, 9.17) is 9.66 Å². The zero-order valence-corrected chi connectivity index (χ0v) is 9.94. The highest BCUT2D eigenvalue weighted by atomic mass is 32.2. The maximum atomic E-state index is 11.8. The SMILES string of the molecule is Cc1cc(O)n(CCO)c(=O)c1CS(=O)(=O)O. The number of rotatable bonds is 4. The number of nitrogens with zero attached hydrogens (tertiary/aromatic N) is 1. The molecule has 1 aromatic heterocycles. The molecule has 0 aliphatic carbocycles. The van der Waals surface area contributed by atoms with Crippen molar-refractivity contribution in [2.75, 3.05) is 6.61 Å². The van der Waals surface area contributed by atoms with Gasteiger partial charge < -0.3 is 10.2 Å². The Morgan fingerprint density at radius 2 is 2.00 bits per heavy atom. The summed E-state index contributed by atoms with van der Waals surface area (Å²) in [5, 5.41) is 18.2. The fraction of sp³-hybridized carbons (Fsp3) is 0.444. The summed E-state index contributed by atoms with van der Waals surface area (Å²) in [6.07, 6.45) is 0. The molecule has 1 heterocycles. The Hall–Kier alpha value is -1.38. The van der Waals surface area contributed by atoms with Gasteiger partial charge in [0.2, 0.25) is 0 Å². The molecule has 0 amide bonds. The first-order chi connectivity index (χ1) is 7.76. The zero-order valence-electron chi connectivity index (χ0n) is 9.12. The number of aromatic nitrogens is 1. The second kappa shape index (κ2) is 4.86. The van der Waals surface area contributed by atoms with Crippen LogP contribution in [-0.2, 0) is 22.4 Å². The molecule has 8 heteroatoms. The number of aryl methyl sites for hydroxylation is 1. The van der Waals surface area contributed by atoms with Gasteiger partial charge in [0.1, 0.15) is 5.75 Å². The summed E-state index contributed by atoms with van der Waals surface area (Å²) in [6, 6.07) is 1.21. The minimum Gasteiger partial charge on any atom is -0.494 e. The third-order valence-corrected chi connectivity index (χ3v) is 2.91. The number of hydrogen-bond acceptors (Lipinski definition) is 5. The minimum atomic E-state index is -4.32. The van der Waals surface area contributed by atoms with Crippen LogP contribution in [0.15, 0.2) is 10.9 Å². The van der Waals surface area contributed by atoms with E-state index in [0.717, 1.165) is 4.57 Å². The van der Waals surface area contributed by atoms with E-state index in [1.165, 1.54) is 13.0 Å². The normalized spacial score (nSPS) is 11.7. The molecule has 0 saturated heterocycles. The monoisotopic (exact) mass is 263 g/mol. The van der Waals surface area contributed by atoms with Gasteiger partial charge in [-0.15, -0.1) is 0 Å². The first-order valence-electron chi connectivity index (χ1n) is 4.74. The third kappa shape index (κ3) is 3.29. The topological polar surface area (TPSA) is 117 Å². The number of pyridine rings is 1. The smallest absolute Gasteiger partial charge is 0.269 e. The Bertz CT molecular complexity index is 574. The van der Waals surface area contributed by atoms with Crippen LogP contribution in [0, 0.1) is 6.92 Å². The van der Waals surface area contributed by atoms with Crippen LogP contribution in [-0.4, -0.2) is 34.4 Å². The summed E-state index contributed by atoms with van der Waals surface area (Å²) in [4.78, 5) is 11.8.